The monoisotopic (exact) mass is 324 g/mol. The van der Waals surface area contributed by atoms with E-state index in [2.05, 4.69) is 4.98 Å². The fourth-order valence-electron chi connectivity index (χ4n) is 1.76. The molecule has 0 bridgehead atoms. The van der Waals surface area contributed by atoms with Crippen LogP contribution >= 0.6 is 22.7 Å². The van der Waals surface area contributed by atoms with Gasteiger partial charge in [-0.15, -0.1) is 22.7 Å². The average Bonchev–Trinajstić information content (AvgIpc) is 3.03. The molecule has 0 aliphatic heterocycles. The quantitative estimate of drug-likeness (QED) is 0.885. The van der Waals surface area contributed by atoms with Gasteiger partial charge in [0.2, 0.25) is 0 Å². The number of aromatic nitrogens is 1. The smallest absolute Gasteiger partial charge is 0.308 e. The fraction of sp³-hybridized carbons (Fsp3) is 0.357. The van der Waals surface area contributed by atoms with Gasteiger partial charge in [0.05, 0.1) is 12.1 Å². The summed E-state index contributed by atoms with van der Waals surface area (Å²) >= 11 is 2.88. The molecule has 2 heterocycles. The first-order valence-corrected chi connectivity index (χ1v) is 8.10. The lowest BCUT2D eigenvalue weighted by Crippen LogP contribution is -2.21. The van der Waals surface area contributed by atoms with Gasteiger partial charge in [-0.2, -0.15) is 0 Å². The highest BCUT2D eigenvalue weighted by atomic mass is 32.1. The molecule has 0 unspecified atom stereocenters. The van der Waals surface area contributed by atoms with Gasteiger partial charge in [0, 0.05) is 29.2 Å². The minimum atomic E-state index is -0.810. The Labute approximate surface area is 130 Å². The van der Waals surface area contributed by atoms with Crippen molar-refractivity contribution >= 4 is 34.6 Å². The zero-order valence-corrected chi connectivity index (χ0v) is 13.5. The molecule has 0 spiro atoms. The number of nitrogens with zero attached hydrogens (tertiary/aromatic N) is 2. The standard InChI is InChI=1S/C14H16N2O3S2/c1-16(2)14(19)13-15-9(8-20-13)3-4-10-5-6-11(21-10)7-12(17)18/h5-6,8H,3-4,7H2,1-2H3,(H,17,18). The normalized spacial score (nSPS) is 10.6. The Morgan fingerprint density at radius 3 is 2.62 bits per heavy atom. The van der Waals surface area contributed by atoms with Gasteiger partial charge < -0.3 is 10.0 Å². The van der Waals surface area contributed by atoms with Crippen molar-refractivity contribution in [3.05, 3.63) is 38.0 Å². The summed E-state index contributed by atoms with van der Waals surface area (Å²) in [7, 11) is 3.41. The van der Waals surface area contributed by atoms with E-state index >= 15 is 0 Å². The summed E-state index contributed by atoms with van der Waals surface area (Å²) in [4.78, 5) is 30.3. The third-order valence-corrected chi connectivity index (χ3v) is 4.84. The van der Waals surface area contributed by atoms with E-state index in [1.54, 1.807) is 14.1 Å². The van der Waals surface area contributed by atoms with E-state index in [9.17, 15) is 9.59 Å². The van der Waals surface area contributed by atoms with Crippen molar-refractivity contribution in [3.8, 4) is 0 Å². The van der Waals surface area contributed by atoms with Crippen LogP contribution in [0.5, 0.6) is 0 Å². The number of aryl methyl sites for hydroxylation is 2. The van der Waals surface area contributed by atoms with Gasteiger partial charge in [0.1, 0.15) is 0 Å². The third kappa shape index (κ3) is 4.37. The number of rotatable bonds is 6. The van der Waals surface area contributed by atoms with Crippen molar-refractivity contribution in [1.29, 1.82) is 0 Å². The van der Waals surface area contributed by atoms with Crippen LogP contribution in [0.3, 0.4) is 0 Å². The van der Waals surface area contributed by atoms with Crippen molar-refractivity contribution in [3.63, 3.8) is 0 Å². The molecule has 0 atom stereocenters. The Kier molecular flexibility index (Phi) is 5.08. The first kappa shape index (κ1) is 15.7. The number of carbonyl (C=O) groups is 2. The number of hydrogen-bond acceptors (Lipinski definition) is 5. The summed E-state index contributed by atoms with van der Waals surface area (Å²) in [5, 5.41) is 11.2. The van der Waals surface area contributed by atoms with Crippen LogP contribution < -0.4 is 0 Å². The Morgan fingerprint density at radius 2 is 1.95 bits per heavy atom. The van der Waals surface area contributed by atoms with E-state index in [1.807, 2.05) is 17.5 Å². The molecule has 0 fully saturated rings. The highest BCUT2D eigenvalue weighted by Crippen LogP contribution is 2.20. The summed E-state index contributed by atoms with van der Waals surface area (Å²) in [5.41, 5.74) is 0.901. The molecule has 0 aliphatic carbocycles. The summed E-state index contributed by atoms with van der Waals surface area (Å²) in [6.45, 7) is 0. The SMILES string of the molecule is CN(C)C(=O)c1nc(CCc2ccc(CC(=O)O)s2)cs1. The third-order valence-electron chi connectivity index (χ3n) is 2.81. The summed E-state index contributed by atoms with van der Waals surface area (Å²) < 4.78 is 0. The predicted molar refractivity (Wildman–Crippen MR) is 83.2 cm³/mol. The van der Waals surface area contributed by atoms with Crippen LogP contribution in [0.4, 0.5) is 0 Å². The lowest BCUT2D eigenvalue weighted by Gasteiger charge is -2.06. The second kappa shape index (κ2) is 6.82. The number of aliphatic carboxylic acids is 1. The number of carbonyl (C=O) groups excluding carboxylic acids is 1. The van der Waals surface area contributed by atoms with Crippen LogP contribution in [-0.4, -0.2) is 41.0 Å². The molecule has 7 heteroatoms. The highest BCUT2D eigenvalue weighted by molar-refractivity contribution is 7.12. The van der Waals surface area contributed by atoms with Crippen LogP contribution in [0.25, 0.3) is 0 Å². The van der Waals surface area contributed by atoms with Crippen LogP contribution in [0, 0.1) is 0 Å². The minimum Gasteiger partial charge on any atom is -0.481 e. The van der Waals surface area contributed by atoms with Gasteiger partial charge in [-0.1, -0.05) is 0 Å². The van der Waals surface area contributed by atoms with Gasteiger partial charge in [-0.25, -0.2) is 4.98 Å². The van der Waals surface area contributed by atoms with Crippen LogP contribution in [-0.2, 0) is 24.1 Å². The molecule has 0 saturated carbocycles. The Hall–Kier alpha value is -1.73. The number of thiazole rings is 1. The molecule has 0 saturated heterocycles. The molecule has 2 aromatic heterocycles. The molecule has 0 aromatic carbocycles. The maximum atomic E-state index is 11.8. The number of amides is 1. The number of carboxylic acid groups (broad SMARTS) is 1. The first-order chi connectivity index (χ1) is 9.95. The van der Waals surface area contributed by atoms with Gasteiger partial charge in [0.15, 0.2) is 5.01 Å². The van der Waals surface area contributed by atoms with E-state index < -0.39 is 5.97 Å². The number of carboxylic acids is 1. The fourth-order valence-corrected chi connectivity index (χ4v) is 3.64. The molecule has 1 amide bonds. The molecule has 2 aromatic rings. The zero-order valence-electron chi connectivity index (χ0n) is 11.8. The molecule has 112 valence electrons. The van der Waals surface area contributed by atoms with Crippen LogP contribution in [0.1, 0.15) is 25.3 Å². The molecule has 2 rings (SSSR count). The van der Waals surface area contributed by atoms with E-state index in [1.165, 1.54) is 27.6 Å². The van der Waals surface area contributed by atoms with Gasteiger partial charge in [0.25, 0.3) is 5.91 Å². The second-order valence-electron chi connectivity index (χ2n) is 4.78. The predicted octanol–water partition coefficient (Wildman–Crippen LogP) is 2.32. The van der Waals surface area contributed by atoms with Crippen molar-refractivity contribution in [2.24, 2.45) is 0 Å². The van der Waals surface area contributed by atoms with Gasteiger partial charge >= 0.3 is 5.97 Å². The van der Waals surface area contributed by atoms with Gasteiger partial charge in [-0.3, -0.25) is 9.59 Å². The number of thiophene rings is 1. The molecule has 0 aliphatic rings. The topological polar surface area (TPSA) is 70.5 Å². The van der Waals surface area contributed by atoms with Crippen molar-refractivity contribution in [1.82, 2.24) is 9.88 Å². The average molecular weight is 324 g/mol. The van der Waals surface area contributed by atoms with Crippen molar-refractivity contribution in [2.75, 3.05) is 14.1 Å². The summed E-state index contributed by atoms with van der Waals surface area (Å²) in [6.07, 6.45) is 1.64. The Balaban J connectivity index is 1.92. The lowest BCUT2D eigenvalue weighted by molar-refractivity contribution is -0.136. The zero-order chi connectivity index (χ0) is 15.4. The molecular formula is C14H16N2O3S2. The minimum absolute atomic E-state index is 0.0723. The van der Waals surface area contributed by atoms with E-state index in [-0.39, 0.29) is 12.3 Å². The van der Waals surface area contributed by atoms with Gasteiger partial charge in [-0.05, 0) is 25.0 Å². The molecule has 1 N–H and O–H groups in total. The molecule has 21 heavy (non-hydrogen) atoms. The van der Waals surface area contributed by atoms with Crippen LogP contribution in [0.15, 0.2) is 17.5 Å². The van der Waals surface area contributed by atoms with Crippen molar-refractivity contribution in [2.45, 2.75) is 19.3 Å². The Morgan fingerprint density at radius 1 is 1.24 bits per heavy atom. The maximum Gasteiger partial charge on any atom is 0.308 e. The van der Waals surface area contributed by atoms with Crippen LogP contribution in [0.2, 0.25) is 0 Å². The maximum absolute atomic E-state index is 11.8. The second-order valence-corrected chi connectivity index (χ2v) is 6.89. The first-order valence-electron chi connectivity index (χ1n) is 6.41. The molecular weight excluding hydrogens is 308 g/mol. The summed E-state index contributed by atoms with van der Waals surface area (Å²) in [5.74, 6) is -0.888. The molecule has 5 nitrogen and oxygen atoms in total. The molecule has 0 radical (unpaired) electrons. The summed E-state index contributed by atoms with van der Waals surface area (Å²) in [6, 6.07) is 3.82. The Bertz CT molecular complexity index is 646. The van der Waals surface area contributed by atoms with E-state index in [0.29, 0.717) is 5.01 Å². The van der Waals surface area contributed by atoms with E-state index in [4.69, 9.17) is 5.11 Å². The van der Waals surface area contributed by atoms with Crippen molar-refractivity contribution < 1.29 is 14.7 Å². The highest BCUT2D eigenvalue weighted by Gasteiger charge is 2.13. The van der Waals surface area contributed by atoms with E-state index in [0.717, 1.165) is 28.3 Å². The lowest BCUT2D eigenvalue weighted by atomic mass is 10.2. The largest absolute Gasteiger partial charge is 0.481 e. The number of hydrogen-bond donors (Lipinski definition) is 1.